The van der Waals surface area contributed by atoms with E-state index in [-0.39, 0.29) is 11.7 Å². The first-order chi connectivity index (χ1) is 11.1. The Bertz CT molecular complexity index is 880. The fourth-order valence-corrected chi connectivity index (χ4v) is 2.01. The molecule has 0 bridgehead atoms. The van der Waals surface area contributed by atoms with E-state index in [0.717, 1.165) is 11.9 Å². The number of benzene rings is 1. The molecule has 0 saturated heterocycles. The third kappa shape index (κ3) is 3.01. The molecule has 7 heteroatoms. The van der Waals surface area contributed by atoms with Crippen molar-refractivity contribution in [3.05, 3.63) is 47.9 Å². The summed E-state index contributed by atoms with van der Waals surface area (Å²) in [6, 6.07) is 10.1. The zero-order valence-electron chi connectivity index (χ0n) is 12.5. The van der Waals surface area contributed by atoms with Crippen LogP contribution < -0.4 is 4.90 Å². The Hall–Kier alpha value is -3.27. The summed E-state index contributed by atoms with van der Waals surface area (Å²) >= 11 is 0. The van der Waals surface area contributed by atoms with Gasteiger partial charge in [-0.1, -0.05) is 5.16 Å². The van der Waals surface area contributed by atoms with Crippen LogP contribution in [-0.2, 0) is 0 Å². The number of nitrogens with zero attached hydrogens (tertiary/aromatic N) is 5. The zero-order chi connectivity index (χ0) is 16.4. The minimum atomic E-state index is -0.435. The molecule has 3 aromatic rings. The van der Waals surface area contributed by atoms with Crippen LogP contribution in [0, 0.1) is 17.1 Å². The van der Waals surface area contributed by atoms with Crippen molar-refractivity contribution in [1.29, 1.82) is 5.26 Å². The van der Waals surface area contributed by atoms with E-state index < -0.39 is 5.82 Å². The Labute approximate surface area is 131 Å². The molecule has 2 aromatic heterocycles. The van der Waals surface area contributed by atoms with Crippen LogP contribution in [0.1, 0.15) is 5.56 Å². The van der Waals surface area contributed by atoms with Gasteiger partial charge in [0.15, 0.2) is 0 Å². The number of nitriles is 1. The van der Waals surface area contributed by atoms with Crippen molar-refractivity contribution < 1.29 is 8.91 Å². The molecule has 0 N–H and O–H groups in total. The van der Waals surface area contributed by atoms with Crippen molar-refractivity contribution in [2.75, 3.05) is 19.0 Å². The fourth-order valence-electron chi connectivity index (χ4n) is 2.01. The van der Waals surface area contributed by atoms with E-state index in [9.17, 15) is 4.39 Å². The average Bonchev–Trinajstić information content (AvgIpc) is 3.05. The maximum atomic E-state index is 12.9. The lowest BCUT2D eigenvalue weighted by Gasteiger charge is -2.13. The number of hydrogen-bond donors (Lipinski definition) is 0. The van der Waals surface area contributed by atoms with Gasteiger partial charge in [-0.05, 0) is 30.3 Å². The molecule has 0 amide bonds. The largest absolute Gasteiger partial charge is 0.378 e. The van der Waals surface area contributed by atoms with E-state index in [1.807, 2.05) is 25.1 Å². The van der Waals surface area contributed by atoms with Gasteiger partial charge in [0.2, 0.25) is 5.82 Å². The van der Waals surface area contributed by atoms with Crippen molar-refractivity contribution in [1.82, 2.24) is 15.1 Å². The lowest BCUT2D eigenvalue weighted by molar-refractivity contribution is 0.432. The van der Waals surface area contributed by atoms with Crippen LogP contribution in [-0.4, -0.2) is 29.2 Å². The molecule has 0 atom stereocenters. The van der Waals surface area contributed by atoms with Crippen LogP contribution in [0.4, 0.5) is 10.1 Å². The second kappa shape index (κ2) is 5.85. The van der Waals surface area contributed by atoms with Crippen molar-refractivity contribution in [3.63, 3.8) is 0 Å². The van der Waals surface area contributed by atoms with Gasteiger partial charge in [-0.25, -0.2) is 9.37 Å². The van der Waals surface area contributed by atoms with Crippen LogP contribution in [0.15, 0.2) is 41.1 Å². The molecule has 0 fully saturated rings. The molecule has 0 aliphatic rings. The van der Waals surface area contributed by atoms with Gasteiger partial charge in [0.1, 0.15) is 11.5 Å². The van der Waals surface area contributed by atoms with E-state index in [1.165, 1.54) is 12.1 Å². The monoisotopic (exact) mass is 309 g/mol. The second-order valence-corrected chi connectivity index (χ2v) is 5.06. The highest BCUT2D eigenvalue weighted by Gasteiger charge is 2.14. The lowest BCUT2D eigenvalue weighted by atomic mass is 10.1. The third-order valence-corrected chi connectivity index (χ3v) is 3.19. The first kappa shape index (κ1) is 14.7. The molecule has 0 saturated carbocycles. The summed E-state index contributed by atoms with van der Waals surface area (Å²) in [5.41, 5.74) is 2.38. The van der Waals surface area contributed by atoms with Gasteiger partial charge in [-0.3, -0.25) is 0 Å². The molecule has 0 aliphatic carbocycles. The molecule has 0 unspecified atom stereocenters. The van der Waals surface area contributed by atoms with E-state index in [4.69, 9.17) is 9.78 Å². The van der Waals surface area contributed by atoms with Crippen molar-refractivity contribution in [3.8, 4) is 29.0 Å². The molecular formula is C16H12FN5O. The average molecular weight is 309 g/mol. The molecule has 0 radical (unpaired) electrons. The van der Waals surface area contributed by atoms with Gasteiger partial charge in [0.25, 0.3) is 5.89 Å². The number of halogens is 1. The first-order valence-electron chi connectivity index (χ1n) is 6.75. The number of hydrogen-bond acceptors (Lipinski definition) is 6. The van der Waals surface area contributed by atoms with E-state index in [2.05, 4.69) is 21.2 Å². The summed E-state index contributed by atoms with van der Waals surface area (Å²) in [6.45, 7) is 0. The van der Waals surface area contributed by atoms with Gasteiger partial charge in [-0.15, -0.1) is 0 Å². The number of pyridine rings is 1. The fraction of sp³-hybridized carbons (Fsp3) is 0.125. The molecule has 114 valence electrons. The molecule has 2 heterocycles. The maximum Gasteiger partial charge on any atom is 0.258 e. The topological polar surface area (TPSA) is 78.8 Å². The van der Waals surface area contributed by atoms with Gasteiger partial charge in [0, 0.05) is 25.3 Å². The highest BCUT2D eigenvalue weighted by Crippen LogP contribution is 2.26. The van der Waals surface area contributed by atoms with Crippen LogP contribution in [0.5, 0.6) is 0 Å². The number of rotatable bonds is 3. The maximum absolute atomic E-state index is 12.9. The van der Waals surface area contributed by atoms with Crippen LogP contribution in [0.2, 0.25) is 0 Å². The molecule has 3 rings (SSSR count). The Morgan fingerprint density at radius 3 is 2.70 bits per heavy atom. The minimum absolute atomic E-state index is 0.258. The summed E-state index contributed by atoms with van der Waals surface area (Å²) in [4.78, 5) is 10.1. The van der Waals surface area contributed by atoms with Gasteiger partial charge in [0.05, 0.1) is 17.8 Å². The molecular weight excluding hydrogens is 297 g/mol. The van der Waals surface area contributed by atoms with Crippen molar-refractivity contribution >= 4 is 5.69 Å². The Morgan fingerprint density at radius 1 is 1.22 bits per heavy atom. The highest BCUT2D eigenvalue weighted by molar-refractivity contribution is 5.66. The van der Waals surface area contributed by atoms with Crippen LogP contribution in [0.25, 0.3) is 23.0 Å². The first-order valence-corrected chi connectivity index (χ1v) is 6.75. The summed E-state index contributed by atoms with van der Waals surface area (Å²) in [5.74, 6) is 0.0925. The molecule has 1 aromatic carbocycles. The van der Waals surface area contributed by atoms with Crippen molar-refractivity contribution in [2.45, 2.75) is 0 Å². The van der Waals surface area contributed by atoms with Crippen LogP contribution >= 0.6 is 0 Å². The predicted octanol–water partition coefficient (Wildman–Crippen LogP) is 2.88. The standard InChI is InChI=1S/C16H12FN5O/c1-22(2)13-6-10(8-18)5-11(7-13)16-20-15(21-23-16)14-4-3-12(17)9-19-14/h3-7,9H,1-2H3. The van der Waals surface area contributed by atoms with Crippen molar-refractivity contribution in [2.24, 2.45) is 0 Å². The Kier molecular flexibility index (Phi) is 3.73. The van der Waals surface area contributed by atoms with E-state index in [1.54, 1.807) is 12.1 Å². The zero-order valence-corrected chi connectivity index (χ0v) is 12.5. The van der Waals surface area contributed by atoms with Gasteiger partial charge in [-0.2, -0.15) is 10.2 Å². The second-order valence-electron chi connectivity index (χ2n) is 5.06. The molecule has 23 heavy (non-hydrogen) atoms. The van der Waals surface area contributed by atoms with E-state index in [0.29, 0.717) is 16.8 Å². The number of anilines is 1. The quantitative estimate of drug-likeness (QED) is 0.740. The lowest BCUT2D eigenvalue weighted by Crippen LogP contribution is -2.08. The third-order valence-electron chi connectivity index (χ3n) is 3.19. The normalized spacial score (nSPS) is 10.3. The summed E-state index contributed by atoms with van der Waals surface area (Å²) in [5, 5.41) is 13.0. The van der Waals surface area contributed by atoms with E-state index >= 15 is 0 Å². The minimum Gasteiger partial charge on any atom is -0.378 e. The summed E-state index contributed by atoms with van der Waals surface area (Å²) in [6.07, 6.45) is 1.09. The number of aromatic nitrogens is 3. The van der Waals surface area contributed by atoms with Crippen LogP contribution in [0.3, 0.4) is 0 Å². The Balaban J connectivity index is 2.02. The Morgan fingerprint density at radius 2 is 2.04 bits per heavy atom. The summed E-state index contributed by atoms with van der Waals surface area (Å²) in [7, 11) is 3.75. The van der Waals surface area contributed by atoms with Gasteiger partial charge >= 0.3 is 0 Å². The molecule has 6 nitrogen and oxygen atoms in total. The SMILES string of the molecule is CN(C)c1cc(C#N)cc(-c2nc(-c3ccc(F)cn3)no2)c1. The summed E-state index contributed by atoms with van der Waals surface area (Å²) < 4.78 is 18.2. The molecule has 0 spiro atoms. The highest BCUT2D eigenvalue weighted by atomic mass is 19.1. The predicted molar refractivity (Wildman–Crippen MR) is 82.0 cm³/mol. The molecule has 0 aliphatic heterocycles. The van der Waals surface area contributed by atoms with Gasteiger partial charge < -0.3 is 9.42 Å². The smallest absolute Gasteiger partial charge is 0.258 e.